The van der Waals surface area contributed by atoms with Gasteiger partial charge in [0, 0.05) is 19.5 Å². The van der Waals surface area contributed by atoms with Gasteiger partial charge in [-0.1, -0.05) is 30.3 Å². The number of alkyl halides is 3. The molecule has 4 nitrogen and oxygen atoms in total. The maximum Gasteiger partial charge on any atom is 0.416 e. The minimum absolute atomic E-state index is 0.0210. The fourth-order valence-electron chi connectivity index (χ4n) is 3.09. The predicted molar refractivity (Wildman–Crippen MR) is 85.7 cm³/mol. The molecule has 1 atom stereocenters. The van der Waals surface area contributed by atoms with Crippen LogP contribution in [-0.4, -0.2) is 22.3 Å². The highest BCUT2D eigenvalue weighted by molar-refractivity contribution is 5.64. The van der Waals surface area contributed by atoms with E-state index in [1.807, 2.05) is 29.2 Å². The van der Waals surface area contributed by atoms with Crippen LogP contribution in [0.5, 0.6) is 0 Å². The highest BCUT2D eigenvalue weighted by Gasteiger charge is 2.32. The molecule has 2 N–H and O–H groups in total. The van der Waals surface area contributed by atoms with Crippen LogP contribution in [0.3, 0.4) is 0 Å². The highest BCUT2D eigenvalue weighted by Crippen LogP contribution is 2.31. The summed E-state index contributed by atoms with van der Waals surface area (Å²) in [6, 6.07) is 9.88. The van der Waals surface area contributed by atoms with E-state index in [0.717, 1.165) is 23.3 Å². The molecule has 3 rings (SSSR count). The van der Waals surface area contributed by atoms with E-state index in [0.29, 0.717) is 19.2 Å². The second kappa shape index (κ2) is 6.95. The van der Waals surface area contributed by atoms with Crippen LogP contribution in [0.25, 0.3) is 0 Å². The first-order valence-electron chi connectivity index (χ1n) is 7.90. The fraction of sp³-hybridized carbons (Fsp3) is 0.278. The van der Waals surface area contributed by atoms with Crippen LogP contribution in [0.2, 0.25) is 0 Å². The number of rotatable bonds is 4. The fourth-order valence-corrected chi connectivity index (χ4v) is 3.09. The van der Waals surface area contributed by atoms with Gasteiger partial charge < -0.3 is 10.4 Å². The molecular weight excluding hydrogens is 352 g/mol. The number of hydrogen-bond acceptors (Lipinski definition) is 2. The Morgan fingerprint density at radius 2 is 1.77 bits per heavy atom. The first kappa shape index (κ1) is 18.2. The maximum atomic E-state index is 14.1. The van der Waals surface area contributed by atoms with E-state index >= 15 is 0 Å². The molecule has 0 fully saturated rings. The summed E-state index contributed by atoms with van der Waals surface area (Å²) in [5, 5.41) is 11.4. The highest BCUT2D eigenvalue weighted by atomic mass is 19.4. The molecule has 26 heavy (non-hydrogen) atoms. The number of nitrogens with zero attached hydrogens (tertiary/aromatic N) is 1. The van der Waals surface area contributed by atoms with Gasteiger partial charge in [0.1, 0.15) is 5.82 Å². The normalized spacial score (nSPS) is 15.5. The number of fused-ring (bicyclic) bond motifs is 1. The standard InChI is InChI=1S/C18H16F4N2O2/c19-15-8-14(18(20,21)22)6-5-11(15)7-16(23-17(25)26)24-9-12-3-1-2-4-13(12)10-24/h1-6,8,16,23H,7,9-10H2,(H,25,26). The molecule has 0 saturated carbocycles. The van der Waals surface area contributed by atoms with Crippen LogP contribution >= 0.6 is 0 Å². The van der Waals surface area contributed by atoms with Crippen LogP contribution in [0.1, 0.15) is 22.3 Å². The summed E-state index contributed by atoms with van der Waals surface area (Å²) in [5.74, 6) is -1.01. The quantitative estimate of drug-likeness (QED) is 0.803. The van der Waals surface area contributed by atoms with E-state index in [2.05, 4.69) is 5.32 Å². The van der Waals surface area contributed by atoms with Gasteiger partial charge in [-0.15, -0.1) is 0 Å². The molecule has 8 heteroatoms. The summed E-state index contributed by atoms with van der Waals surface area (Å²) in [4.78, 5) is 12.9. The van der Waals surface area contributed by atoms with Crippen molar-refractivity contribution in [3.63, 3.8) is 0 Å². The van der Waals surface area contributed by atoms with Crippen LogP contribution in [0.15, 0.2) is 42.5 Å². The smallest absolute Gasteiger partial charge is 0.416 e. The Hall–Kier alpha value is -2.61. The third-order valence-corrected chi connectivity index (χ3v) is 4.39. The minimum atomic E-state index is -4.63. The van der Waals surface area contributed by atoms with Crippen molar-refractivity contribution in [3.05, 3.63) is 70.5 Å². The van der Waals surface area contributed by atoms with Gasteiger partial charge in [-0.25, -0.2) is 9.18 Å². The van der Waals surface area contributed by atoms with E-state index in [4.69, 9.17) is 5.11 Å². The number of carboxylic acid groups (broad SMARTS) is 1. The Bertz CT molecular complexity index is 798. The van der Waals surface area contributed by atoms with E-state index in [1.54, 1.807) is 0 Å². The molecule has 0 radical (unpaired) electrons. The molecule has 138 valence electrons. The van der Waals surface area contributed by atoms with Crippen molar-refractivity contribution < 1.29 is 27.5 Å². The molecule has 0 aliphatic carbocycles. The number of halogens is 4. The lowest BCUT2D eigenvalue weighted by Gasteiger charge is -2.27. The van der Waals surface area contributed by atoms with Crippen molar-refractivity contribution in [2.45, 2.75) is 31.9 Å². The number of carbonyl (C=O) groups is 1. The minimum Gasteiger partial charge on any atom is -0.465 e. The summed E-state index contributed by atoms with van der Waals surface area (Å²) in [6.45, 7) is 0.951. The average Bonchev–Trinajstić information content (AvgIpc) is 2.98. The largest absolute Gasteiger partial charge is 0.465 e. The first-order chi connectivity index (χ1) is 12.2. The summed E-state index contributed by atoms with van der Waals surface area (Å²) in [7, 11) is 0. The Kier molecular flexibility index (Phi) is 4.86. The molecule has 1 aliphatic heterocycles. The molecule has 1 unspecified atom stereocenters. The molecule has 1 aliphatic rings. The molecule has 2 aromatic rings. The number of nitrogens with one attached hydrogen (secondary N) is 1. The molecule has 1 amide bonds. The third kappa shape index (κ3) is 3.96. The number of amides is 1. The van der Waals surface area contributed by atoms with E-state index in [1.165, 1.54) is 0 Å². The number of hydrogen-bond donors (Lipinski definition) is 2. The molecule has 2 aromatic carbocycles. The second-order valence-corrected chi connectivity index (χ2v) is 6.15. The van der Waals surface area contributed by atoms with Gasteiger partial charge >= 0.3 is 12.3 Å². The Morgan fingerprint density at radius 1 is 1.15 bits per heavy atom. The van der Waals surface area contributed by atoms with E-state index in [-0.39, 0.29) is 12.0 Å². The van der Waals surface area contributed by atoms with Gasteiger partial charge in [0.15, 0.2) is 0 Å². The molecule has 0 aromatic heterocycles. The molecule has 0 spiro atoms. The second-order valence-electron chi connectivity index (χ2n) is 6.15. The van der Waals surface area contributed by atoms with Gasteiger partial charge in [0.2, 0.25) is 0 Å². The molecule has 1 heterocycles. The zero-order valence-electron chi connectivity index (χ0n) is 13.6. The summed E-state index contributed by atoms with van der Waals surface area (Å²) < 4.78 is 52.1. The Balaban J connectivity index is 1.81. The summed E-state index contributed by atoms with van der Waals surface area (Å²) in [6.07, 6.45) is -6.75. The summed E-state index contributed by atoms with van der Waals surface area (Å²) in [5.41, 5.74) is 1.03. The van der Waals surface area contributed by atoms with Crippen LogP contribution < -0.4 is 5.32 Å². The van der Waals surface area contributed by atoms with Gasteiger partial charge in [0.25, 0.3) is 0 Å². The SMILES string of the molecule is O=C(O)NC(Cc1ccc(C(F)(F)F)cc1F)N1Cc2ccccc2C1. The molecule has 0 bridgehead atoms. The predicted octanol–water partition coefficient (Wildman–Crippen LogP) is 4.00. The first-order valence-corrected chi connectivity index (χ1v) is 7.90. The van der Waals surface area contributed by atoms with Crippen molar-refractivity contribution in [2.24, 2.45) is 0 Å². The molecule has 0 saturated heterocycles. The van der Waals surface area contributed by atoms with Crippen molar-refractivity contribution >= 4 is 6.09 Å². The van der Waals surface area contributed by atoms with Gasteiger partial charge in [-0.2, -0.15) is 13.2 Å². The lowest BCUT2D eigenvalue weighted by Crippen LogP contribution is -2.47. The zero-order valence-corrected chi connectivity index (χ0v) is 13.6. The van der Waals surface area contributed by atoms with Crippen molar-refractivity contribution in [3.8, 4) is 0 Å². The molecular formula is C18H16F4N2O2. The van der Waals surface area contributed by atoms with E-state index < -0.39 is 29.8 Å². The van der Waals surface area contributed by atoms with Gasteiger partial charge in [-0.05, 0) is 28.8 Å². The average molecular weight is 368 g/mol. The van der Waals surface area contributed by atoms with Crippen molar-refractivity contribution in [1.29, 1.82) is 0 Å². The van der Waals surface area contributed by atoms with Gasteiger partial charge in [-0.3, -0.25) is 4.90 Å². The zero-order chi connectivity index (χ0) is 18.9. The number of benzene rings is 2. The van der Waals surface area contributed by atoms with E-state index in [9.17, 15) is 22.4 Å². The monoisotopic (exact) mass is 368 g/mol. The van der Waals surface area contributed by atoms with Crippen molar-refractivity contribution in [2.75, 3.05) is 0 Å². The van der Waals surface area contributed by atoms with Gasteiger partial charge in [0.05, 0.1) is 11.7 Å². The Labute approximate surface area is 147 Å². The third-order valence-electron chi connectivity index (χ3n) is 4.39. The lowest BCUT2D eigenvalue weighted by molar-refractivity contribution is -0.137. The van der Waals surface area contributed by atoms with Crippen LogP contribution in [0.4, 0.5) is 22.4 Å². The van der Waals surface area contributed by atoms with Crippen molar-refractivity contribution in [1.82, 2.24) is 10.2 Å². The summed E-state index contributed by atoms with van der Waals surface area (Å²) >= 11 is 0. The van der Waals surface area contributed by atoms with Crippen LogP contribution in [-0.2, 0) is 25.7 Å². The maximum absolute atomic E-state index is 14.1. The Morgan fingerprint density at radius 3 is 2.27 bits per heavy atom. The lowest BCUT2D eigenvalue weighted by atomic mass is 10.1. The topological polar surface area (TPSA) is 52.6 Å². The van der Waals surface area contributed by atoms with Crippen LogP contribution in [0, 0.1) is 5.82 Å².